The molecule has 7 N–H and O–H groups in total. The van der Waals surface area contributed by atoms with Gasteiger partial charge in [0.25, 0.3) is 0 Å². The van der Waals surface area contributed by atoms with Crippen molar-refractivity contribution >= 4 is 33.4 Å². The van der Waals surface area contributed by atoms with E-state index in [2.05, 4.69) is 47.2 Å². The van der Waals surface area contributed by atoms with Crippen molar-refractivity contribution in [2.24, 2.45) is 11.8 Å². The number of hydrogen-bond donors (Lipinski definition) is 7. The van der Waals surface area contributed by atoms with Gasteiger partial charge in [0.1, 0.15) is 18.5 Å². The van der Waals surface area contributed by atoms with Crippen molar-refractivity contribution in [3.63, 3.8) is 0 Å². The van der Waals surface area contributed by atoms with Gasteiger partial charge in [-0.05, 0) is 51.4 Å². The van der Waals surface area contributed by atoms with Crippen molar-refractivity contribution in [2.75, 3.05) is 26.4 Å². The van der Waals surface area contributed by atoms with Gasteiger partial charge in [-0.2, -0.15) is 0 Å². The molecule has 1 unspecified atom stereocenters. The van der Waals surface area contributed by atoms with Crippen molar-refractivity contribution in [3.05, 3.63) is 36.5 Å². The highest BCUT2D eigenvalue weighted by Crippen LogP contribution is 2.44. The maximum atomic E-state index is 12.8. The number of phosphoric acid groups is 2. The summed E-state index contributed by atoms with van der Waals surface area (Å²) in [6.45, 7) is 1.19. The molecule has 0 aromatic carbocycles. The molecule has 19 heteroatoms. The zero-order valence-corrected chi connectivity index (χ0v) is 39.3. The van der Waals surface area contributed by atoms with Gasteiger partial charge in [0.2, 0.25) is 0 Å². The smallest absolute Gasteiger partial charge is 0.462 e. The third kappa shape index (κ3) is 32.2. The van der Waals surface area contributed by atoms with E-state index in [4.69, 9.17) is 23.8 Å². The molecule has 0 radical (unpaired) electrons. The number of allylic oxidation sites excluding steroid dienone is 4. The van der Waals surface area contributed by atoms with Gasteiger partial charge in [-0.15, -0.1) is 0 Å². The second kappa shape index (κ2) is 35.1. The number of ether oxygens (including phenoxy) is 2. The number of esters is 2. The molecule has 0 spiro atoms. The van der Waals surface area contributed by atoms with Crippen LogP contribution >= 0.6 is 15.6 Å². The number of unbranched alkanes of at least 4 members (excludes halogenated alkanes) is 12. The average Bonchev–Trinajstić information content (AvgIpc) is 3.49. The Labute approximate surface area is 374 Å². The lowest BCUT2D eigenvalue weighted by Crippen LogP contribution is -2.30. The lowest BCUT2D eigenvalue weighted by molar-refractivity contribution is -0.161. The third-order valence-electron chi connectivity index (χ3n) is 10.5. The minimum Gasteiger partial charge on any atom is -0.462 e. The summed E-state index contributed by atoms with van der Waals surface area (Å²) in [5.74, 6) is -2.46. The summed E-state index contributed by atoms with van der Waals surface area (Å²) in [5, 5.41) is 41.1. The van der Waals surface area contributed by atoms with Crippen LogP contribution in [0.2, 0.25) is 0 Å². The second-order valence-corrected chi connectivity index (χ2v) is 19.0. The predicted octanol–water partition coefficient (Wildman–Crippen LogP) is 7.23. The van der Waals surface area contributed by atoms with Crippen LogP contribution in [-0.2, 0) is 46.6 Å². The first-order chi connectivity index (χ1) is 30.0. The first-order valence-corrected chi connectivity index (χ1v) is 25.9. The van der Waals surface area contributed by atoms with E-state index in [9.17, 15) is 48.8 Å². The fourth-order valence-electron chi connectivity index (χ4n) is 6.92. The van der Waals surface area contributed by atoms with Crippen molar-refractivity contribution < 1.29 is 81.7 Å². The van der Waals surface area contributed by atoms with Crippen LogP contribution in [0.5, 0.6) is 0 Å². The van der Waals surface area contributed by atoms with E-state index in [-0.39, 0.29) is 44.3 Å². The number of aliphatic hydroxyl groups is 4. The molecule has 1 rings (SSSR count). The van der Waals surface area contributed by atoms with Gasteiger partial charge < -0.3 is 44.6 Å². The van der Waals surface area contributed by atoms with Crippen LogP contribution in [0.3, 0.4) is 0 Å². The van der Waals surface area contributed by atoms with Crippen molar-refractivity contribution in [1.29, 1.82) is 0 Å². The molecule has 1 fully saturated rings. The van der Waals surface area contributed by atoms with Gasteiger partial charge in [0.15, 0.2) is 6.10 Å². The van der Waals surface area contributed by atoms with Gasteiger partial charge in [-0.3, -0.25) is 28.0 Å². The summed E-state index contributed by atoms with van der Waals surface area (Å²) in [6.07, 6.45) is 22.0. The lowest BCUT2D eigenvalue weighted by Gasteiger charge is -2.21. The molecule has 1 aliphatic carbocycles. The Morgan fingerprint density at radius 1 is 0.667 bits per heavy atom. The van der Waals surface area contributed by atoms with Crippen LogP contribution < -0.4 is 0 Å². The molecule has 0 aliphatic heterocycles. The molecule has 0 aromatic rings. The van der Waals surface area contributed by atoms with Gasteiger partial charge in [-0.1, -0.05) is 108 Å². The van der Waals surface area contributed by atoms with E-state index < -0.39 is 96.4 Å². The summed E-state index contributed by atoms with van der Waals surface area (Å²) in [4.78, 5) is 65.8. The first kappa shape index (κ1) is 58.9. The molecule has 0 bridgehead atoms. The number of rotatable bonds is 39. The monoisotopic (exact) mass is 940 g/mol. The van der Waals surface area contributed by atoms with Crippen molar-refractivity contribution in [2.45, 2.75) is 186 Å². The zero-order valence-electron chi connectivity index (χ0n) is 37.5. The molecule has 63 heavy (non-hydrogen) atoms. The molecule has 8 atom stereocenters. The Kier molecular flexibility index (Phi) is 32.8. The number of hydrogen-bond acceptors (Lipinski definition) is 14. The van der Waals surface area contributed by atoms with Crippen molar-refractivity contribution in [1.82, 2.24) is 0 Å². The van der Waals surface area contributed by atoms with E-state index in [1.807, 2.05) is 0 Å². The van der Waals surface area contributed by atoms with Gasteiger partial charge in [0.05, 0.1) is 38.1 Å². The highest BCUT2D eigenvalue weighted by Gasteiger charge is 2.41. The van der Waals surface area contributed by atoms with Crippen molar-refractivity contribution in [3.8, 4) is 0 Å². The Morgan fingerprint density at radius 2 is 1.22 bits per heavy atom. The highest BCUT2D eigenvalue weighted by atomic mass is 31.2. The zero-order chi connectivity index (χ0) is 46.9. The highest BCUT2D eigenvalue weighted by molar-refractivity contribution is 7.47. The Hall–Kier alpha value is -2.11. The largest absolute Gasteiger partial charge is 0.472 e. The summed E-state index contributed by atoms with van der Waals surface area (Å²) >= 11 is 0. The number of ketones is 1. The fraction of sp³-hybridized carbons (Fsp3) is 0.795. The topological polar surface area (TPSA) is 273 Å². The van der Waals surface area contributed by atoms with E-state index in [0.29, 0.717) is 19.3 Å². The molecule has 0 amide bonds. The third-order valence-corrected chi connectivity index (χ3v) is 11.9. The maximum Gasteiger partial charge on any atom is 0.472 e. The van der Waals surface area contributed by atoms with E-state index >= 15 is 0 Å². The minimum atomic E-state index is -4.91. The van der Waals surface area contributed by atoms with Gasteiger partial charge in [-0.25, -0.2) is 9.13 Å². The molecular formula is C44H78O17P2. The summed E-state index contributed by atoms with van der Waals surface area (Å²) in [6, 6.07) is 0. The summed E-state index contributed by atoms with van der Waals surface area (Å²) in [7, 11) is -9.81. The van der Waals surface area contributed by atoms with Crippen LogP contribution in [-0.4, -0.2) is 110 Å². The quantitative estimate of drug-likeness (QED) is 0.0105. The molecule has 0 saturated heterocycles. The fourth-order valence-corrected chi connectivity index (χ4v) is 8.08. The number of carbonyl (C=O) groups excluding carboxylic acids is 3. The van der Waals surface area contributed by atoms with Crippen LogP contribution in [0, 0.1) is 11.8 Å². The number of aliphatic hydroxyl groups excluding tert-OH is 4. The molecule has 366 valence electrons. The molecule has 0 aromatic heterocycles. The van der Waals surface area contributed by atoms with E-state index in [1.165, 1.54) is 25.7 Å². The van der Waals surface area contributed by atoms with E-state index in [0.717, 1.165) is 57.8 Å². The molecule has 1 aliphatic rings. The van der Waals surface area contributed by atoms with Crippen LogP contribution in [0.15, 0.2) is 36.5 Å². The SMILES string of the molecule is CCCCCC/C=C\C=C/CCCCCCCC(=O)O[C@H](COC(=O)CCCCC(=O)C[C@@H]1[C@@H](/C=C/[C@@H](O)CCCCC)[C@H](O)C[C@@H]1O)COP(=O)(O)OC[C@@H](O)COP(=O)(O)O. The minimum absolute atomic E-state index is 0.0320. The number of phosphoric ester groups is 2. The van der Waals surface area contributed by atoms with Gasteiger partial charge >= 0.3 is 27.6 Å². The van der Waals surface area contributed by atoms with Crippen LogP contribution in [0.1, 0.15) is 155 Å². The average molecular weight is 941 g/mol. The Morgan fingerprint density at radius 3 is 1.89 bits per heavy atom. The molecule has 0 heterocycles. The second-order valence-electron chi connectivity index (χ2n) is 16.3. The Balaban J connectivity index is 2.59. The van der Waals surface area contributed by atoms with Gasteiger partial charge in [0, 0.05) is 43.9 Å². The van der Waals surface area contributed by atoms with Crippen LogP contribution in [0.4, 0.5) is 0 Å². The molecule has 1 saturated carbocycles. The molecular weight excluding hydrogens is 862 g/mol. The standard InChI is InChI=1S/C44H78O17P2/c1-3-5-7-8-9-10-11-12-13-14-15-16-17-18-20-26-44(51)61-38(34-60-63(55,56)59-32-37(47)31-58-62(52,53)54)33-57-43(50)25-22-21-24-36(46)29-40-39(41(48)30-42(40)49)28-27-35(45)23-19-6-4-2/h10-13,27-28,35,37-42,45,47-49H,3-9,14-26,29-34H2,1-2H3,(H,55,56)(H2,52,53,54)/b11-10-,13-12-,28-27+/t35-,37-,38+,39+,40+,41+,42-/m0/s1. The molecule has 17 nitrogen and oxygen atoms in total. The predicted molar refractivity (Wildman–Crippen MR) is 237 cm³/mol. The summed E-state index contributed by atoms with van der Waals surface area (Å²) < 4.78 is 47.7. The Bertz CT molecular complexity index is 1430. The number of Topliss-reactive ketones (excluding diaryl/α,β-unsaturated/α-hetero) is 1. The van der Waals surface area contributed by atoms with Crippen LogP contribution in [0.25, 0.3) is 0 Å². The normalized spacial score (nSPS) is 20.7. The lowest BCUT2D eigenvalue weighted by atomic mass is 9.87. The van der Waals surface area contributed by atoms with E-state index in [1.54, 1.807) is 12.2 Å². The maximum absolute atomic E-state index is 12.8. The summed E-state index contributed by atoms with van der Waals surface area (Å²) in [5.41, 5.74) is 0. The number of carbonyl (C=O) groups is 3. The first-order valence-electron chi connectivity index (χ1n) is 22.9.